The van der Waals surface area contributed by atoms with Crippen LogP contribution in [-0.4, -0.2) is 40.8 Å². The van der Waals surface area contributed by atoms with Gasteiger partial charge in [0.2, 0.25) is 0 Å². The lowest BCUT2D eigenvalue weighted by molar-refractivity contribution is 0.199. The van der Waals surface area contributed by atoms with E-state index in [0.717, 1.165) is 50.0 Å². The highest BCUT2D eigenvalue weighted by Gasteiger charge is 2.38. The van der Waals surface area contributed by atoms with E-state index >= 15 is 0 Å². The van der Waals surface area contributed by atoms with Crippen molar-refractivity contribution in [1.29, 1.82) is 0 Å². The highest BCUT2D eigenvalue weighted by atomic mass is 32.3. The Morgan fingerprint density at radius 2 is 2.10 bits per heavy atom. The fraction of sp³-hybridized carbons (Fsp3) is 0.714. The van der Waals surface area contributed by atoms with Gasteiger partial charge in [-0.25, -0.2) is 4.18 Å². The molecule has 3 rings (SSSR count). The molecule has 29 heavy (non-hydrogen) atoms. The maximum atomic E-state index is 12.2. The molecular formula is C21H33NO5S2. The number of benzene rings is 1. The molecule has 8 heteroatoms. The summed E-state index contributed by atoms with van der Waals surface area (Å²) in [6, 6.07) is 6.64. The minimum absolute atomic E-state index is 0.190. The van der Waals surface area contributed by atoms with Gasteiger partial charge in [0, 0.05) is 27.8 Å². The van der Waals surface area contributed by atoms with Gasteiger partial charge in [0.25, 0.3) is 0 Å². The SMILES string of the molecule is CCCCS(=O)C[C@@H]1CCc2cc([C@H]3CC[C@](N)(COS(=O)(=O)O)C3)ccc2C1. The van der Waals surface area contributed by atoms with Gasteiger partial charge in [-0.1, -0.05) is 31.5 Å². The van der Waals surface area contributed by atoms with E-state index in [4.69, 9.17) is 10.3 Å². The average Bonchev–Trinajstić information content (AvgIpc) is 3.07. The van der Waals surface area contributed by atoms with E-state index in [2.05, 4.69) is 29.3 Å². The van der Waals surface area contributed by atoms with Crippen LogP contribution in [0.5, 0.6) is 0 Å². The Hall–Kier alpha value is -0.800. The molecule has 1 unspecified atom stereocenters. The van der Waals surface area contributed by atoms with Crippen molar-refractivity contribution < 1.29 is 21.4 Å². The quantitative estimate of drug-likeness (QED) is 0.568. The molecule has 1 aromatic carbocycles. The predicted octanol–water partition coefficient (Wildman–Crippen LogP) is 3.12. The zero-order valence-corrected chi connectivity index (χ0v) is 18.8. The van der Waals surface area contributed by atoms with Gasteiger partial charge < -0.3 is 5.73 Å². The number of aryl methyl sites for hydroxylation is 1. The van der Waals surface area contributed by atoms with E-state index in [0.29, 0.717) is 18.8 Å². The van der Waals surface area contributed by atoms with Gasteiger partial charge >= 0.3 is 10.4 Å². The largest absolute Gasteiger partial charge is 0.397 e. The van der Waals surface area contributed by atoms with Crippen molar-refractivity contribution in [2.75, 3.05) is 18.1 Å². The van der Waals surface area contributed by atoms with Gasteiger partial charge in [0.1, 0.15) is 0 Å². The number of rotatable bonds is 9. The van der Waals surface area contributed by atoms with E-state index in [1.54, 1.807) is 0 Å². The number of hydrogen-bond acceptors (Lipinski definition) is 5. The molecule has 1 saturated carbocycles. The second-order valence-corrected chi connectivity index (χ2v) is 11.5. The Bertz CT molecular complexity index is 841. The fourth-order valence-corrected chi connectivity index (χ4v) is 6.63. The standard InChI is InChI=1S/C21H33NO5S2/c1-2-3-10-28(23)14-16-4-5-18-12-19(7-6-17(18)11-16)20-8-9-21(22,13-20)15-27-29(24,25)26/h6-7,12,16,20H,2-5,8-11,13-15,22H2,1H3,(H,24,25,26)/t16-,20+,21-,28?/m1/s1. The second kappa shape index (κ2) is 9.56. The van der Waals surface area contributed by atoms with Crippen molar-refractivity contribution in [2.24, 2.45) is 11.7 Å². The van der Waals surface area contributed by atoms with Crippen molar-refractivity contribution >= 4 is 21.2 Å². The van der Waals surface area contributed by atoms with Crippen molar-refractivity contribution in [2.45, 2.75) is 69.7 Å². The van der Waals surface area contributed by atoms with Crippen LogP contribution in [0, 0.1) is 5.92 Å². The van der Waals surface area contributed by atoms with Gasteiger partial charge in [-0.05, 0) is 73.5 Å². The van der Waals surface area contributed by atoms with Crippen molar-refractivity contribution in [1.82, 2.24) is 0 Å². The van der Waals surface area contributed by atoms with E-state index in [1.165, 1.54) is 16.7 Å². The monoisotopic (exact) mass is 443 g/mol. The van der Waals surface area contributed by atoms with Gasteiger partial charge in [0.05, 0.1) is 6.61 Å². The zero-order chi connectivity index (χ0) is 21.1. The Labute approximate surface area is 177 Å². The van der Waals surface area contributed by atoms with Gasteiger partial charge in [-0.3, -0.25) is 8.76 Å². The third kappa shape index (κ3) is 6.59. The lowest BCUT2D eigenvalue weighted by Gasteiger charge is -2.26. The van der Waals surface area contributed by atoms with Gasteiger partial charge in [0.15, 0.2) is 0 Å². The van der Waals surface area contributed by atoms with E-state index < -0.39 is 26.7 Å². The lowest BCUT2D eigenvalue weighted by Crippen LogP contribution is -2.42. The van der Waals surface area contributed by atoms with E-state index in [9.17, 15) is 12.6 Å². The summed E-state index contributed by atoms with van der Waals surface area (Å²) in [4.78, 5) is 0. The summed E-state index contributed by atoms with van der Waals surface area (Å²) < 4.78 is 47.3. The molecule has 0 radical (unpaired) electrons. The van der Waals surface area contributed by atoms with Gasteiger partial charge in [-0.2, -0.15) is 8.42 Å². The molecule has 164 valence electrons. The Morgan fingerprint density at radius 3 is 2.83 bits per heavy atom. The molecule has 0 saturated heterocycles. The molecule has 3 N–H and O–H groups in total. The van der Waals surface area contributed by atoms with Crippen molar-refractivity contribution in [3.8, 4) is 0 Å². The van der Waals surface area contributed by atoms with Gasteiger partial charge in [-0.15, -0.1) is 0 Å². The number of nitrogens with two attached hydrogens (primary N) is 1. The topological polar surface area (TPSA) is 107 Å². The average molecular weight is 444 g/mol. The Morgan fingerprint density at radius 1 is 1.31 bits per heavy atom. The minimum Gasteiger partial charge on any atom is -0.323 e. The van der Waals surface area contributed by atoms with Crippen molar-refractivity contribution in [3.63, 3.8) is 0 Å². The maximum Gasteiger partial charge on any atom is 0.397 e. The molecule has 4 atom stereocenters. The molecular weight excluding hydrogens is 410 g/mol. The first-order valence-electron chi connectivity index (χ1n) is 10.5. The molecule has 0 amide bonds. The fourth-order valence-electron chi connectivity index (χ4n) is 4.66. The molecule has 0 spiro atoms. The summed E-state index contributed by atoms with van der Waals surface area (Å²) in [5.74, 6) is 2.41. The smallest absolute Gasteiger partial charge is 0.323 e. The van der Waals surface area contributed by atoms with Crippen LogP contribution in [0.15, 0.2) is 18.2 Å². The summed E-state index contributed by atoms with van der Waals surface area (Å²) in [7, 11) is -5.17. The summed E-state index contributed by atoms with van der Waals surface area (Å²) in [6.45, 7) is 1.94. The highest BCUT2D eigenvalue weighted by Crippen LogP contribution is 2.41. The second-order valence-electron chi connectivity index (χ2n) is 8.79. The molecule has 1 aromatic rings. The Balaban J connectivity index is 1.59. The van der Waals surface area contributed by atoms with Crippen LogP contribution in [0.4, 0.5) is 0 Å². The van der Waals surface area contributed by atoms with Crippen LogP contribution in [0.25, 0.3) is 0 Å². The Kier molecular flexibility index (Phi) is 7.54. The summed E-state index contributed by atoms with van der Waals surface area (Å²) in [6.07, 6.45) is 7.42. The molecule has 0 bridgehead atoms. The predicted molar refractivity (Wildman–Crippen MR) is 116 cm³/mol. The van der Waals surface area contributed by atoms with Crippen LogP contribution < -0.4 is 5.73 Å². The summed E-state index contributed by atoms with van der Waals surface area (Å²) in [5, 5.41) is 0. The molecule has 1 fully saturated rings. The van der Waals surface area contributed by atoms with Crippen molar-refractivity contribution in [3.05, 3.63) is 34.9 Å². The maximum absolute atomic E-state index is 12.2. The molecule has 2 aliphatic rings. The number of unbranched alkanes of at least 4 members (excludes halogenated alkanes) is 1. The molecule has 0 aliphatic heterocycles. The summed E-state index contributed by atoms with van der Waals surface area (Å²) >= 11 is 0. The third-order valence-corrected chi connectivity index (χ3v) is 8.32. The molecule has 0 aromatic heterocycles. The van der Waals surface area contributed by atoms with E-state index in [1.807, 2.05) is 0 Å². The normalized spacial score (nSPS) is 28.2. The number of hydrogen-bond donors (Lipinski definition) is 2. The lowest BCUT2D eigenvalue weighted by atomic mass is 9.82. The number of fused-ring (bicyclic) bond motifs is 1. The molecule has 2 aliphatic carbocycles. The first-order valence-corrected chi connectivity index (χ1v) is 13.4. The third-order valence-electron chi connectivity index (χ3n) is 6.32. The van der Waals surface area contributed by atoms with E-state index in [-0.39, 0.29) is 12.5 Å². The van der Waals surface area contributed by atoms with Crippen LogP contribution in [0.3, 0.4) is 0 Å². The van der Waals surface area contributed by atoms with Crippen LogP contribution in [-0.2, 0) is 38.2 Å². The minimum atomic E-state index is -4.47. The zero-order valence-electron chi connectivity index (χ0n) is 17.1. The molecule has 6 nitrogen and oxygen atoms in total. The van der Waals surface area contributed by atoms with Crippen LogP contribution in [0.1, 0.15) is 68.1 Å². The first kappa shape index (κ1) is 22.9. The highest BCUT2D eigenvalue weighted by molar-refractivity contribution is 7.84. The molecule has 0 heterocycles. The van der Waals surface area contributed by atoms with Crippen LogP contribution >= 0.6 is 0 Å². The first-order chi connectivity index (χ1) is 13.7. The van der Waals surface area contributed by atoms with Crippen LogP contribution in [0.2, 0.25) is 0 Å². The summed E-state index contributed by atoms with van der Waals surface area (Å²) in [5.41, 5.74) is 9.55.